The van der Waals surface area contributed by atoms with Gasteiger partial charge in [0.2, 0.25) is 0 Å². The zero-order valence-corrected chi connectivity index (χ0v) is 9.79. The fraction of sp³-hybridized carbons (Fsp3) is 0.750. The van der Waals surface area contributed by atoms with Crippen LogP contribution < -0.4 is 5.73 Å². The lowest BCUT2D eigenvalue weighted by Crippen LogP contribution is -2.15. The van der Waals surface area contributed by atoms with Gasteiger partial charge in [0, 0.05) is 25.4 Å². The molecular weight excluding hydrogens is 186 g/mol. The summed E-state index contributed by atoms with van der Waals surface area (Å²) in [7, 11) is 0. The maximum Gasteiger partial charge on any atom is 0.109 e. The smallest absolute Gasteiger partial charge is 0.109 e. The van der Waals surface area contributed by atoms with E-state index in [9.17, 15) is 0 Å². The lowest BCUT2D eigenvalue weighted by atomic mass is 10.0. The molecule has 1 aliphatic rings. The molecule has 0 saturated carbocycles. The highest BCUT2D eigenvalue weighted by Gasteiger charge is 2.20. The van der Waals surface area contributed by atoms with E-state index in [1.54, 1.807) is 0 Å². The van der Waals surface area contributed by atoms with Gasteiger partial charge in [-0.3, -0.25) is 0 Å². The van der Waals surface area contributed by atoms with Crippen LogP contribution in [0.3, 0.4) is 0 Å². The van der Waals surface area contributed by atoms with E-state index in [1.807, 2.05) is 0 Å². The number of aromatic nitrogens is 2. The number of fused-ring (bicyclic) bond motifs is 1. The van der Waals surface area contributed by atoms with Gasteiger partial charge in [0.15, 0.2) is 0 Å². The van der Waals surface area contributed by atoms with Crippen LogP contribution in [0.5, 0.6) is 0 Å². The van der Waals surface area contributed by atoms with Crippen molar-refractivity contribution in [1.82, 2.24) is 9.55 Å². The third-order valence-corrected chi connectivity index (χ3v) is 3.49. The second kappa shape index (κ2) is 4.35. The number of nitrogens with two attached hydrogens (primary N) is 1. The molecule has 2 heterocycles. The van der Waals surface area contributed by atoms with E-state index in [1.165, 1.54) is 30.1 Å². The second-order valence-electron chi connectivity index (χ2n) is 4.48. The number of hydrogen-bond acceptors (Lipinski definition) is 2. The molecule has 0 amide bonds. The van der Waals surface area contributed by atoms with Gasteiger partial charge in [-0.25, -0.2) is 4.98 Å². The highest BCUT2D eigenvalue weighted by Crippen LogP contribution is 2.26. The van der Waals surface area contributed by atoms with E-state index in [2.05, 4.69) is 18.4 Å². The van der Waals surface area contributed by atoms with Crippen molar-refractivity contribution in [2.75, 3.05) is 0 Å². The molecule has 1 atom stereocenters. The molecule has 3 heteroatoms. The van der Waals surface area contributed by atoms with E-state index in [-0.39, 0.29) is 0 Å². The van der Waals surface area contributed by atoms with Crippen molar-refractivity contribution in [3.05, 3.63) is 17.2 Å². The molecule has 0 unspecified atom stereocenters. The topological polar surface area (TPSA) is 43.8 Å². The Labute approximate surface area is 91.7 Å². The molecule has 0 bridgehead atoms. The number of aryl methyl sites for hydroxylation is 1. The van der Waals surface area contributed by atoms with Crippen LogP contribution in [0.4, 0.5) is 0 Å². The normalized spacial score (nSPS) is 17.5. The zero-order chi connectivity index (χ0) is 10.8. The zero-order valence-electron chi connectivity index (χ0n) is 9.79. The molecule has 1 aliphatic heterocycles. The van der Waals surface area contributed by atoms with Crippen LogP contribution in [0.15, 0.2) is 0 Å². The summed E-state index contributed by atoms with van der Waals surface area (Å²) >= 11 is 0. The monoisotopic (exact) mass is 207 g/mol. The Morgan fingerprint density at radius 2 is 2.27 bits per heavy atom. The maximum atomic E-state index is 5.85. The number of imidazole rings is 1. The Balaban J connectivity index is 2.41. The third kappa shape index (κ3) is 1.81. The van der Waals surface area contributed by atoms with E-state index < -0.39 is 0 Å². The molecule has 0 aromatic carbocycles. The second-order valence-corrected chi connectivity index (χ2v) is 4.48. The maximum absolute atomic E-state index is 5.85. The lowest BCUT2D eigenvalue weighted by molar-refractivity contribution is 0.508. The van der Waals surface area contributed by atoms with Crippen LogP contribution in [0.2, 0.25) is 0 Å². The first kappa shape index (κ1) is 10.7. The molecule has 0 aliphatic carbocycles. The molecule has 1 aromatic rings. The minimum atomic E-state index is 0.543. The minimum Gasteiger partial charge on any atom is -0.331 e. The van der Waals surface area contributed by atoms with Gasteiger partial charge in [-0.05, 0) is 19.3 Å². The van der Waals surface area contributed by atoms with Crippen LogP contribution in [0.1, 0.15) is 56.2 Å². The van der Waals surface area contributed by atoms with Gasteiger partial charge in [-0.1, -0.05) is 13.8 Å². The molecule has 84 valence electrons. The Morgan fingerprint density at radius 1 is 1.47 bits per heavy atom. The average Bonchev–Trinajstić information content (AvgIpc) is 2.66. The van der Waals surface area contributed by atoms with Gasteiger partial charge in [0.25, 0.3) is 0 Å². The molecule has 0 radical (unpaired) electrons. The Bertz CT molecular complexity index is 341. The molecule has 0 spiro atoms. The van der Waals surface area contributed by atoms with Crippen LogP contribution in [0, 0.1) is 0 Å². The van der Waals surface area contributed by atoms with Crippen molar-refractivity contribution in [3.8, 4) is 0 Å². The fourth-order valence-electron chi connectivity index (χ4n) is 2.37. The third-order valence-electron chi connectivity index (χ3n) is 3.49. The van der Waals surface area contributed by atoms with Gasteiger partial charge in [-0.2, -0.15) is 0 Å². The molecular formula is C12H21N3. The molecule has 2 N–H and O–H groups in total. The summed E-state index contributed by atoms with van der Waals surface area (Å²) in [5.74, 6) is 1.80. The largest absolute Gasteiger partial charge is 0.331 e. The van der Waals surface area contributed by atoms with Gasteiger partial charge >= 0.3 is 0 Å². The van der Waals surface area contributed by atoms with Gasteiger partial charge in [0.1, 0.15) is 5.82 Å². The van der Waals surface area contributed by atoms with E-state index in [0.29, 0.717) is 12.5 Å². The molecule has 2 rings (SSSR count). The van der Waals surface area contributed by atoms with Crippen LogP contribution >= 0.6 is 0 Å². The average molecular weight is 207 g/mol. The van der Waals surface area contributed by atoms with Crippen LogP contribution in [-0.2, 0) is 19.5 Å². The summed E-state index contributed by atoms with van der Waals surface area (Å²) in [5, 5.41) is 0. The van der Waals surface area contributed by atoms with Crippen molar-refractivity contribution in [1.29, 1.82) is 0 Å². The van der Waals surface area contributed by atoms with Gasteiger partial charge in [-0.15, -0.1) is 0 Å². The Hall–Kier alpha value is -0.830. The number of hydrogen-bond donors (Lipinski definition) is 1. The first-order valence-electron chi connectivity index (χ1n) is 6.06. The van der Waals surface area contributed by atoms with Gasteiger partial charge < -0.3 is 10.3 Å². The molecule has 0 fully saturated rings. The highest BCUT2D eigenvalue weighted by atomic mass is 15.1. The molecule has 15 heavy (non-hydrogen) atoms. The summed E-state index contributed by atoms with van der Waals surface area (Å²) in [5.41, 5.74) is 8.37. The first-order valence-corrected chi connectivity index (χ1v) is 6.06. The summed E-state index contributed by atoms with van der Waals surface area (Å²) in [6.07, 6.45) is 4.82. The molecule has 0 saturated heterocycles. The SMILES string of the molecule is CC[C@@H](C)c1nc2n(c1CN)CCCC2. The Kier molecular flexibility index (Phi) is 3.10. The quantitative estimate of drug-likeness (QED) is 0.825. The van der Waals surface area contributed by atoms with Crippen molar-refractivity contribution in [2.45, 2.75) is 58.5 Å². The molecule has 3 nitrogen and oxygen atoms in total. The molecule has 1 aromatic heterocycles. The summed E-state index contributed by atoms with van der Waals surface area (Å²) in [4.78, 5) is 4.78. The van der Waals surface area contributed by atoms with Gasteiger partial charge in [0.05, 0.1) is 11.4 Å². The summed E-state index contributed by atoms with van der Waals surface area (Å²) < 4.78 is 2.35. The summed E-state index contributed by atoms with van der Waals surface area (Å²) in [6, 6.07) is 0. The fourth-order valence-corrected chi connectivity index (χ4v) is 2.37. The first-order chi connectivity index (χ1) is 7.27. The van der Waals surface area contributed by atoms with Crippen molar-refractivity contribution < 1.29 is 0 Å². The van der Waals surface area contributed by atoms with E-state index in [0.717, 1.165) is 19.4 Å². The van der Waals surface area contributed by atoms with Crippen molar-refractivity contribution in [2.24, 2.45) is 5.73 Å². The Morgan fingerprint density at radius 3 is 2.93 bits per heavy atom. The predicted octanol–water partition coefficient (Wildman–Crippen LogP) is 2.19. The predicted molar refractivity (Wildman–Crippen MR) is 61.8 cm³/mol. The van der Waals surface area contributed by atoms with Crippen molar-refractivity contribution in [3.63, 3.8) is 0 Å². The number of nitrogens with zero attached hydrogens (tertiary/aromatic N) is 2. The van der Waals surface area contributed by atoms with E-state index in [4.69, 9.17) is 10.7 Å². The number of rotatable bonds is 3. The standard InChI is InChI=1S/C12H21N3/c1-3-9(2)12-10(8-13)15-7-5-4-6-11(15)14-12/h9H,3-8,13H2,1-2H3/t9-/m1/s1. The van der Waals surface area contributed by atoms with E-state index >= 15 is 0 Å². The lowest BCUT2D eigenvalue weighted by Gasteiger charge is -2.16. The minimum absolute atomic E-state index is 0.543. The van der Waals surface area contributed by atoms with Crippen LogP contribution in [-0.4, -0.2) is 9.55 Å². The van der Waals surface area contributed by atoms with Crippen molar-refractivity contribution >= 4 is 0 Å². The highest BCUT2D eigenvalue weighted by molar-refractivity contribution is 5.22. The summed E-state index contributed by atoms with van der Waals surface area (Å²) in [6.45, 7) is 6.20. The van der Waals surface area contributed by atoms with Crippen LogP contribution in [0.25, 0.3) is 0 Å².